The third-order valence-electron chi connectivity index (χ3n) is 4.85. The fourth-order valence-electron chi connectivity index (χ4n) is 3.49. The minimum Gasteiger partial charge on any atom is -1.00 e. The molecule has 1 heterocycles. The van der Waals surface area contributed by atoms with Gasteiger partial charge >= 0.3 is 0 Å². The normalized spacial score (nSPS) is 11.0. The molecule has 4 aromatic rings. The first-order valence-electron chi connectivity index (χ1n) is 8.76. The standard InChI is InChI=1S/C23H21NOP.ClH/c1-19-20(17-24-25-19)18-26(21-11-5-2-6-12-21,22-13-7-3-8-14-22)23-15-9-4-10-16-23;/h2-17H,18H2,1H3;1H/q+1;/p-1. The maximum absolute atomic E-state index is 5.39. The van der Waals surface area contributed by atoms with Gasteiger partial charge in [0.15, 0.2) is 0 Å². The van der Waals surface area contributed by atoms with E-state index in [0.29, 0.717) is 0 Å². The van der Waals surface area contributed by atoms with Crippen molar-refractivity contribution in [2.75, 3.05) is 0 Å². The molecule has 0 radical (unpaired) electrons. The number of hydrogen-bond donors (Lipinski definition) is 0. The van der Waals surface area contributed by atoms with Gasteiger partial charge in [-0.25, -0.2) is 0 Å². The number of hydrogen-bond acceptors (Lipinski definition) is 2. The summed E-state index contributed by atoms with van der Waals surface area (Å²) >= 11 is 0. The lowest BCUT2D eigenvalue weighted by Gasteiger charge is -2.27. The van der Waals surface area contributed by atoms with Crippen molar-refractivity contribution in [2.45, 2.75) is 13.1 Å². The second kappa shape index (κ2) is 8.52. The third-order valence-corrected chi connectivity index (χ3v) is 9.20. The summed E-state index contributed by atoms with van der Waals surface area (Å²) in [5, 5.41) is 8.15. The van der Waals surface area contributed by atoms with Crippen molar-refractivity contribution >= 4 is 23.2 Å². The second-order valence-corrected chi connectivity index (χ2v) is 9.87. The lowest BCUT2D eigenvalue weighted by Crippen LogP contribution is -3.00. The molecule has 4 rings (SSSR count). The Morgan fingerprint density at radius 3 is 1.44 bits per heavy atom. The molecule has 3 aromatic carbocycles. The summed E-state index contributed by atoms with van der Waals surface area (Å²) in [5.74, 6) is 0.900. The van der Waals surface area contributed by atoms with E-state index in [4.69, 9.17) is 4.52 Å². The number of halogens is 1. The monoisotopic (exact) mass is 393 g/mol. The maximum atomic E-state index is 5.39. The Kier molecular flexibility index (Phi) is 6.11. The summed E-state index contributed by atoms with van der Waals surface area (Å²) in [6.45, 7) is 2.00. The topological polar surface area (TPSA) is 26.0 Å². The van der Waals surface area contributed by atoms with Crippen molar-refractivity contribution < 1.29 is 16.9 Å². The van der Waals surface area contributed by atoms with Gasteiger partial charge in [0.2, 0.25) is 0 Å². The highest BCUT2D eigenvalue weighted by atomic mass is 35.5. The van der Waals surface area contributed by atoms with Gasteiger partial charge in [0.05, 0.1) is 11.8 Å². The van der Waals surface area contributed by atoms with Crippen LogP contribution in [-0.2, 0) is 6.16 Å². The van der Waals surface area contributed by atoms with E-state index >= 15 is 0 Å². The van der Waals surface area contributed by atoms with E-state index in [0.717, 1.165) is 11.9 Å². The summed E-state index contributed by atoms with van der Waals surface area (Å²) < 4.78 is 5.39. The molecular weight excluding hydrogens is 373 g/mol. The molecule has 0 amide bonds. The minimum atomic E-state index is -1.87. The van der Waals surface area contributed by atoms with Crippen molar-refractivity contribution in [3.05, 3.63) is 109 Å². The summed E-state index contributed by atoms with van der Waals surface area (Å²) in [6, 6.07) is 32.6. The van der Waals surface area contributed by atoms with Gasteiger partial charge in [-0.2, -0.15) is 0 Å². The predicted molar refractivity (Wildman–Crippen MR) is 110 cm³/mol. The third kappa shape index (κ3) is 3.69. The van der Waals surface area contributed by atoms with Crippen LogP contribution in [0.2, 0.25) is 0 Å². The Labute approximate surface area is 167 Å². The average molecular weight is 394 g/mol. The highest BCUT2D eigenvalue weighted by Gasteiger charge is 2.46. The van der Waals surface area contributed by atoms with Crippen LogP contribution >= 0.6 is 7.26 Å². The van der Waals surface area contributed by atoms with Crippen molar-refractivity contribution in [3.63, 3.8) is 0 Å². The summed E-state index contributed by atoms with van der Waals surface area (Å²) in [4.78, 5) is 0. The zero-order chi connectivity index (χ0) is 17.8. The molecule has 0 atom stereocenters. The van der Waals surface area contributed by atoms with E-state index in [1.807, 2.05) is 13.1 Å². The SMILES string of the molecule is Cc1oncc1C[P+](c1ccccc1)(c1ccccc1)c1ccccc1.[Cl-]. The Bertz CT molecular complexity index is 874. The van der Waals surface area contributed by atoms with Gasteiger partial charge < -0.3 is 16.9 Å². The van der Waals surface area contributed by atoms with Crippen molar-refractivity contribution in [2.24, 2.45) is 0 Å². The summed E-state index contributed by atoms with van der Waals surface area (Å²) in [5.41, 5.74) is 1.18. The van der Waals surface area contributed by atoms with Crippen LogP contribution in [0.5, 0.6) is 0 Å². The number of rotatable bonds is 5. The first-order chi connectivity index (χ1) is 12.8. The Morgan fingerprint density at radius 2 is 1.11 bits per heavy atom. The molecule has 0 saturated carbocycles. The molecule has 27 heavy (non-hydrogen) atoms. The lowest BCUT2D eigenvalue weighted by atomic mass is 10.3. The molecule has 2 nitrogen and oxygen atoms in total. The molecule has 0 aliphatic rings. The summed E-state index contributed by atoms with van der Waals surface area (Å²) in [7, 11) is -1.87. The fraction of sp³-hybridized carbons (Fsp3) is 0.0870. The zero-order valence-corrected chi connectivity index (χ0v) is 16.8. The van der Waals surface area contributed by atoms with Crippen LogP contribution in [0.4, 0.5) is 0 Å². The Morgan fingerprint density at radius 1 is 0.704 bits per heavy atom. The molecule has 0 spiro atoms. The van der Waals surface area contributed by atoms with Gasteiger partial charge in [-0.1, -0.05) is 59.8 Å². The van der Waals surface area contributed by atoms with Gasteiger partial charge in [-0.3, -0.25) is 0 Å². The highest BCUT2D eigenvalue weighted by molar-refractivity contribution is 7.95. The van der Waals surface area contributed by atoms with Gasteiger partial charge in [0.25, 0.3) is 0 Å². The smallest absolute Gasteiger partial charge is 0.140 e. The minimum absolute atomic E-state index is 0. The molecule has 0 unspecified atom stereocenters. The van der Waals surface area contributed by atoms with Crippen molar-refractivity contribution in [1.29, 1.82) is 0 Å². The first kappa shape index (κ1) is 19.4. The van der Waals surface area contributed by atoms with Gasteiger partial charge in [0, 0.05) is 0 Å². The lowest BCUT2D eigenvalue weighted by molar-refractivity contribution is -0.00000563. The predicted octanol–water partition coefficient (Wildman–Crippen LogP) is 1.48. The van der Waals surface area contributed by atoms with E-state index < -0.39 is 7.26 Å². The van der Waals surface area contributed by atoms with Gasteiger partial charge in [-0.15, -0.1) is 0 Å². The van der Waals surface area contributed by atoms with E-state index in [2.05, 4.69) is 96.2 Å². The van der Waals surface area contributed by atoms with Gasteiger partial charge in [-0.05, 0) is 43.3 Å². The van der Waals surface area contributed by atoms with Crippen LogP contribution in [0, 0.1) is 6.92 Å². The van der Waals surface area contributed by atoms with Crippen LogP contribution in [0.25, 0.3) is 0 Å². The van der Waals surface area contributed by atoms with Crippen molar-refractivity contribution in [3.8, 4) is 0 Å². The molecule has 0 bridgehead atoms. The second-order valence-electron chi connectivity index (χ2n) is 6.38. The van der Waals surface area contributed by atoms with Gasteiger partial charge in [0.1, 0.15) is 35.1 Å². The zero-order valence-electron chi connectivity index (χ0n) is 15.1. The van der Waals surface area contributed by atoms with Crippen LogP contribution in [0.3, 0.4) is 0 Å². The van der Waals surface area contributed by atoms with E-state index in [1.165, 1.54) is 21.5 Å². The summed E-state index contributed by atoms with van der Waals surface area (Å²) in [6.07, 6.45) is 2.78. The molecule has 0 saturated heterocycles. The largest absolute Gasteiger partial charge is 1.00 e. The molecule has 4 heteroatoms. The van der Waals surface area contributed by atoms with E-state index in [9.17, 15) is 0 Å². The average Bonchev–Trinajstić information content (AvgIpc) is 3.12. The van der Waals surface area contributed by atoms with Crippen LogP contribution in [0.1, 0.15) is 11.3 Å². The number of nitrogens with zero attached hydrogens (tertiary/aromatic N) is 1. The molecular formula is C23H21ClNOP. The van der Waals surface area contributed by atoms with Crippen molar-refractivity contribution in [1.82, 2.24) is 5.16 Å². The highest BCUT2D eigenvalue weighted by Crippen LogP contribution is 2.58. The quantitative estimate of drug-likeness (QED) is 0.480. The van der Waals surface area contributed by atoms with E-state index in [-0.39, 0.29) is 12.4 Å². The molecule has 0 N–H and O–H groups in total. The first-order valence-corrected chi connectivity index (χ1v) is 10.7. The molecule has 136 valence electrons. The maximum Gasteiger partial charge on any atom is 0.140 e. The number of aromatic nitrogens is 1. The molecule has 0 aliphatic carbocycles. The molecule has 1 aromatic heterocycles. The molecule has 0 fully saturated rings. The van der Waals surface area contributed by atoms with Crippen LogP contribution in [0.15, 0.2) is 102 Å². The molecule has 0 aliphatic heterocycles. The Hall–Kier alpha value is -2.41. The Balaban J connectivity index is 0.00000210. The van der Waals surface area contributed by atoms with Crippen LogP contribution < -0.4 is 28.3 Å². The fourth-order valence-corrected chi connectivity index (χ4v) is 7.80. The number of aryl methyl sites for hydroxylation is 1. The number of benzene rings is 3. The van der Waals surface area contributed by atoms with E-state index in [1.54, 1.807) is 0 Å². The van der Waals surface area contributed by atoms with Crippen LogP contribution in [-0.4, -0.2) is 5.16 Å².